The second-order valence-electron chi connectivity index (χ2n) is 4.25. The van der Waals surface area contributed by atoms with E-state index in [-0.39, 0.29) is 19.8 Å². The summed E-state index contributed by atoms with van der Waals surface area (Å²) in [5.41, 5.74) is -0.852. The van der Waals surface area contributed by atoms with Gasteiger partial charge in [-0.05, 0) is 19.9 Å². The fraction of sp³-hybridized carbons (Fsp3) is 1.00. The van der Waals surface area contributed by atoms with Gasteiger partial charge in [0.2, 0.25) is 0 Å². The summed E-state index contributed by atoms with van der Waals surface area (Å²) in [7, 11) is 1.87. The first kappa shape index (κ1) is 11.9. The van der Waals surface area contributed by atoms with Crippen LogP contribution in [0, 0.1) is 0 Å². The van der Waals surface area contributed by atoms with Crippen LogP contribution in [0.1, 0.15) is 25.7 Å². The number of aliphatic hydroxyl groups is 3. The van der Waals surface area contributed by atoms with Crippen LogP contribution in [0.2, 0.25) is 0 Å². The monoisotopic (exact) mass is 203 g/mol. The highest BCUT2D eigenvalue weighted by molar-refractivity contribution is 4.92. The molecule has 0 heterocycles. The Morgan fingerprint density at radius 3 is 1.86 bits per heavy atom. The molecular formula is C10H21NO3. The summed E-state index contributed by atoms with van der Waals surface area (Å²) in [5.74, 6) is 0. The molecule has 0 amide bonds. The van der Waals surface area contributed by atoms with Gasteiger partial charge in [0.15, 0.2) is 0 Å². The van der Waals surface area contributed by atoms with E-state index >= 15 is 0 Å². The lowest BCUT2D eigenvalue weighted by Gasteiger charge is -2.41. The van der Waals surface area contributed by atoms with Gasteiger partial charge in [0.05, 0.1) is 25.4 Å². The van der Waals surface area contributed by atoms with Crippen molar-refractivity contribution in [3.63, 3.8) is 0 Å². The average Bonchev–Trinajstić information content (AvgIpc) is 2.74. The van der Waals surface area contributed by atoms with Gasteiger partial charge in [-0.3, -0.25) is 4.90 Å². The molecule has 0 bridgehead atoms. The van der Waals surface area contributed by atoms with Crippen LogP contribution in [0.5, 0.6) is 0 Å². The maximum absolute atomic E-state index is 9.25. The summed E-state index contributed by atoms with van der Waals surface area (Å²) in [6.07, 6.45) is 4.59. The standard InChI is InChI=1S/C10H21NO3/c1-11(9-4-2-3-5-9)10(6-12,7-13)8-14/h9,12-14H,2-8H2,1H3. The molecule has 0 radical (unpaired) electrons. The predicted molar refractivity (Wildman–Crippen MR) is 54.0 cm³/mol. The molecule has 1 saturated carbocycles. The van der Waals surface area contributed by atoms with E-state index < -0.39 is 5.54 Å². The van der Waals surface area contributed by atoms with Crippen LogP contribution < -0.4 is 0 Å². The Hall–Kier alpha value is -0.160. The van der Waals surface area contributed by atoms with Crippen molar-refractivity contribution in [3.8, 4) is 0 Å². The van der Waals surface area contributed by atoms with Gasteiger partial charge in [-0.1, -0.05) is 12.8 Å². The lowest BCUT2D eigenvalue weighted by Crippen LogP contribution is -2.58. The average molecular weight is 203 g/mol. The molecule has 0 spiro atoms. The highest BCUT2D eigenvalue weighted by Crippen LogP contribution is 2.27. The second-order valence-corrected chi connectivity index (χ2v) is 4.25. The number of likely N-dealkylation sites (N-methyl/N-ethyl adjacent to an activating group) is 1. The molecule has 0 saturated heterocycles. The van der Waals surface area contributed by atoms with Crippen LogP contribution in [0.25, 0.3) is 0 Å². The van der Waals surface area contributed by atoms with Gasteiger partial charge in [0.1, 0.15) is 0 Å². The highest BCUT2D eigenvalue weighted by Gasteiger charge is 2.37. The Morgan fingerprint density at radius 2 is 1.50 bits per heavy atom. The van der Waals surface area contributed by atoms with Gasteiger partial charge in [0.25, 0.3) is 0 Å². The molecule has 1 fully saturated rings. The van der Waals surface area contributed by atoms with Crippen LogP contribution in [-0.2, 0) is 0 Å². The molecule has 0 aromatic heterocycles. The first-order valence-electron chi connectivity index (χ1n) is 5.25. The molecule has 0 aromatic rings. The fourth-order valence-corrected chi connectivity index (χ4v) is 2.16. The van der Waals surface area contributed by atoms with E-state index in [2.05, 4.69) is 0 Å². The van der Waals surface area contributed by atoms with Crippen LogP contribution >= 0.6 is 0 Å². The van der Waals surface area contributed by atoms with Crippen LogP contribution in [0.3, 0.4) is 0 Å². The summed E-state index contributed by atoms with van der Waals surface area (Å²) in [6, 6.07) is 0.390. The normalized spacial score (nSPS) is 19.5. The van der Waals surface area contributed by atoms with Crippen LogP contribution in [-0.4, -0.2) is 58.7 Å². The largest absolute Gasteiger partial charge is 0.394 e. The molecule has 4 heteroatoms. The minimum Gasteiger partial charge on any atom is -0.394 e. The summed E-state index contributed by atoms with van der Waals surface area (Å²) in [4.78, 5) is 1.94. The third kappa shape index (κ3) is 2.08. The molecule has 0 atom stereocenters. The first-order chi connectivity index (χ1) is 6.70. The molecule has 1 rings (SSSR count). The minimum absolute atomic E-state index is 0.201. The van der Waals surface area contributed by atoms with E-state index in [0.717, 1.165) is 12.8 Å². The zero-order valence-electron chi connectivity index (χ0n) is 8.82. The Morgan fingerprint density at radius 1 is 1.07 bits per heavy atom. The van der Waals surface area contributed by atoms with E-state index in [1.807, 2.05) is 11.9 Å². The van der Waals surface area contributed by atoms with Gasteiger partial charge < -0.3 is 15.3 Å². The van der Waals surface area contributed by atoms with Crippen molar-refractivity contribution in [1.82, 2.24) is 4.90 Å². The van der Waals surface area contributed by atoms with E-state index in [4.69, 9.17) is 0 Å². The van der Waals surface area contributed by atoms with E-state index in [1.165, 1.54) is 12.8 Å². The van der Waals surface area contributed by atoms with Crippen molar-refractivity contribution in [1.29, 1.82) is 0 Å². The molecule has 0 aromatic carbocycles. The summed E-state index contributed by atoms with van der Waals surface area (Å²) < 4.78 is 0. The maximum atomic E-state index is 9.25. The number of aliphatic hydroxyl groups excluding tert-OH is 3. The number of hydrogen-bond acceptors (Lipinski definition) is 4. The Labute approximate surface area is 85.2 Å². The van der Waals surface area contributed by atoms with Gasteiger partial charge in [-0.2, -0.15) is 0 Å². The lowest BCUT2D eigenvalue weighted by molar-refractivity contribution is -0.0532. The first-order valence-corrected chi connectivity index (χ1v) is 5.25. The smallest absolute Gasteiger partial charge is 0.0906 e. The molecule has 1 aliphatic rings. The zero-order chi connectivity index (χ0) is 10.6. The lowest BCUT2D eigenvalue weighted by atomic mass is 9.98. The van der Waals surface area contributed by atoms with E-state index in [9.17, 15) is 15.3 Å². The molecule has 84 valence electrons. The molecule has 14 heavy (non-hydrogen) atoms. The zero-order valence-corrected chi connectivity index (χ0v) is 8.82. The van der Waals surface area contributed by atoms with Crippen molar-refractivity contribution < 1.29 is 15.3 Å². The summed E-state index contributed by atoms with van der Waals surface area (Å²) in [6.45, 7) is -0.604. The van der Waals surface area contributed by atoms with Crippen molar-refractivity contribution in [2.45, 2.75) is 37.3 Å². The van der Waals surface area contributed by atoms with Gasteiger partial charge in [0, 0.05) is 6.04 Å². The Bertz CT molecular complexity index is 156. The van der Waals surface area contributed by atoms with Crippen molar-refractivity contribution in [3.05, 3.63) is 0 Å². The van der Waals surface area contributed by atoms with Crippen LogP contribution in [0.4, 0.5) is 0 Å². The van der Waals surface area contributed by atoms with Crippen molar-refractivity contribution in [2.24, 2.45) is 0 Å². The third-order valence-electron chi connectivity index (χ3n) is 3.50. The number of hydrogen-bond donors (Lipinski definition) is 3. The number of rotatable bonds is 5. The molecule has 4 nitrogen and oxygen atoms in total. The van der Waals surface area contributed by atoms with Crippen molar-refractivity contribution >= 4 is 0 Å². The molecule has 0 aliphatic heterocycles. The Kier molecular flexibility index (Phi) is 4.31. The van der Waals surface area contributed by atoms with Crippen molar-refractivity contribution in [2.75, 3.05) is 26.9 Å². The number of nitrogens with zero attached hydrogens (tertiary/aromatic N) is 1. The van der Waals surface area contributed by atoms with Gasteiger partial charge in [-0.15, -0.1) is 0 Å². The molecule has 1 aliphatic carbocycles. The molecular weight excluding hydrogens is 182 g/mol. The topological polar surface area (TPSA) is 63.9 Å². The maximum Gasteiger partial charge on any atom is 0.0906 e. The minimum atomic E-state index is -0.852. The van der Waals surface area contributed by atoms with Crippen LogP contribution in [0.15, 0.2) is 0 Å². The fourth-order valence-electron chi connectivity index (χ4n) is 2.16. The third-order valence-corrected chi connectivity index (χ3v) is 3.50. The summed E-state index contributed by atoms with van der Waals surface area (Å²) >= 11 is 0. The summed E-state index contributed by atoms with van der Waals surface area (Å²) in [5, 5.41) is 27.7. The predicted octanol–water partition coefficient (Wildman–Crippen LogP) is -0.424. The molecule has 0 unspecified atom stereocenters. The second kappa shape index (κ2) is 5.07. The van der Waals surface area contributed by atoms with E-state index in [0.29, 0.717) is 6.04 Å². The van der Waals surface area contributed by atoms with Gasteiger partial charge in [-0.25, -0.2) is 0 Å². The van der Waals surface area contributed by atoms with E-state index in [1.54, 1.807) is 0 Å². The highest BCUT2D eigenvalue weighted by atomic mass is 16.3. The SMILES string of the molecule is CN(C1CCCC1)C(CO)(CO)CO. The Balaban J connectivity index is 2.65. The molecule has 3 N–H and O–H groups in total. The quantitative estimate of drug-likeness (QED) is 0.568. The van der Waals surface area contributed by atoms with Gasteiger partial charge >= 0.3 is 0 Å².